The fourth-order valence-corrected chi connectivity index (χ4v) is 10.6. The van der Waals surface area contributed by atoms with Crippen LogP contribution in [-0.2, 0) is 32.5 Å². The van der Waals surface area contributed by atoms with E-state index in [2.05, 4.69) is 255 Å². The molecule has 0 heterocycles. The van der Waals surface area contributed by atoms with Crippen LogP contribution in [0.25, 0.3) is 44.5 Å². The number of nitrogens with zero attached hydrogens (tertiary/aromatic N) is 1. The lowest BCUT2D eigenvalue weighted by atomic mass is 9.79. The van der Waals surface area contributed by atoms with E-state index in [4.69, 9.17) is 0 Å². The largest absolute Gasteiger partial charge is 0.310 e. The smallest absolute Gasteiger partial charge is 0.0543 e. The minimum Gasteiger partial charge on any atom is -0.310 e. The Morgan fingerprint density at radius 2 is 0.692 bits per heavy atom. The third-order valence-electron chi connectivity index (χ3n) is 15.0. The summed E-state index contributed by atoms with van der Waals surface area (Å²) in [5.41, 5.74) is 24.4. The van der Waals surface area contributed by atoms with Crippen LogP contribution in [0.3, 0.4) is 0 Å². The number of fused-ring (bicyclic) bond motifs is 6. The van der Waals surface area contributed by atoms with Gasteiger partial charge in [-0.1, -0.05) is 214 Å². The summed E-state index contributed by atoms with van der Waals surface area (Å²) in [6.45, 7) is 37.5. The molecule has 1 nitrogen and oxygen atoms in total. The van der Waals surface area contributed by atoms with Gasteiger partial charge in [0.2, 0.25) is 0 Å². The van der Waals surface area contributed by atoms with Crippen molar-refractivity contribution in [3.05, 3.63) is 184 Å². The molecule has 0 unspecified atom stereocenters. The molecule has 0 saturated carbocycles. The number of hydrogen-bond donors (Lipinski definition) is 0. The second kappa shape index (κ2) is 14.9. The molecular formula is C64H71N. The average molecular weight is 854 g/mol. The van der Waals surface area contributed by atoms with Crippen LogP contribution in [0.2, 0.25) is 0 Å². The molecule has 2 aliphatic rings. The summed E-state index contributed by atoms with van der Waals surface area (Å²) < 4.78 is 0. The molecule has 332 valence electrons. The molecule has 0 bridgehead atoms. The van der Waals surface area contributed by atoms with E-state index in [1.165, 1.54) is 106 Å². The normalized spacial score (nSPS) is 15.0. The van der Waals surface area contributed by atoms with Crippen molar-refractivity contribution in [3.63, 3.8) is 0 Å². The van der Waals surface area contributed by atoms with E-state index in [0.29, 0.717) is 0 Å². The molecule has 2 aliphatic carbocycles. The second-order valence-corrected chi connectivity index (χ2v) is 24.4. The third-order valence-corrected chi connectivity index (χ3v) is 15.0. The van der Waals surface area contributed by atoms with Gasteiger partial charge in [-0.3, -0.25) is 0 Å². The second-order valence-electron chi connectivity index (χ2n) is 24.4. The van der Waals surface area contributed by atoms with Crippen LogP contribution in [0.1, 0.15) is 155 Å². The molecule has 0 spiro atoms. The number of rotatable bonds is 5. The van der Waals surface area contributed by atoms with Gasteiger partial charge in [0.25, 0.3) is 0 Å². The summed E-state index contributed by atoms with van der Waals surface area (Å²) in [5.74, 6) is 0. The molecule has 7 aromatic rings. The Balaban J connectivity index is 1.34. The first-order valence-corrected chi connectivity index (χ1v) is 24.0. The number of anilines is 3. The molecule has 0 atom stereocenters. The Morgan fingerprint density at radius 1 is 0.308 bits per heavy atom. The average Bonchev–Trinajstić information content (AvgIpc) is 3.61. The van der Waals surface area contributed by atoms with Crippen molar-refractivity contribution in [1.29, 1.82) is 0 Å². The monoisotopic (exact) mass is 854 g/mol. The first kappa shape index (κ1) is 44.5. The van der Waals surface area contributed by atoms with Crippen molar-refractivity contribution in [3.8, 4) is 44.5 Å². The standard InChI is InChI=1S/C64H71N/c1-59(2,3)41-23-21-40(22-24-41)47-30-25-42(60(4,5)6)35-53(47)52-32-27-44(62(10,11)12)37-58(52)65(45-28-33-50-48-19-17-18-20-54(48)63(13,14)56(50)38-45)46-29-34-51-49-31-26-43(61(7,8)9)36-55(49)64(15,16)57(51)39-46/h17-39H,1-16H3. The van der Waals surface area contributed by atoms with Crippen molar-refractivity contribution >= 4 is 17.1 Å². The van der Waals surface area contributed by atoms with Crippen molar-refractivity contribution < 1.29 is 0 Å². The molecule has 65 heavy (non-hydrogen) atoms. The molecule has 0 amide bonds. The highest BCUT2D eigenvalue weighted by atomic mass is 15.1. The van der Waals surface area contributed by atoms with Crippen LogP contribution in [0.5, 0.6) is 0 Å². The van der Waals surface area contributed by atoms with Gasteiger partial charge in [-0.25, -0.2) is 0 Å². The zero-order chi connectivity index (χ0) is 46.8. The Hall–Kier alpha value is -5.66. The highest BCUT2D eigenvalue weighted by molar-refractivity contribution is 5.96. The van der Waals surface area contributed by atoms with Gasteiger partial charge in [-0.15, -0.1) is 0 Å². The van der Waals surface area contributed by atoms with E-state index in [1.807, 2.05) is 0 Å². The summed E-state index contributed by atoms with van der Waals surface area (Å²) in [5, 5.41) is 0. The summed E-state index contributed by atoms with van der Waals surface area (Å²) in [6, 6.07) is 54.6. The zero-order valence-electron chi connectivity index (χ0n) is 42.2. The van der Waals surface area contributed by atoms with Crippen LogP contribution < -0.4 is 4.90 Å². The molecule has 0 radical (unpaired) electrons. The Kier molecular flexibility index (Phi) is 10.2. The van der Waals surface area contributed by atoms with Crippen molar-refractivity contribution in [2.45, 2.75) is 143 Å². The van der Waals surface area contributed by atoms with Crippen LogP contribution in [0.4, 0.5) is 17.1 Å². The molecule has 0 aliphatic heterocycles. The van der Waals surface area contributed by atoms with Crippen LogP contribution in [0, 0.1) is 0 Å². The molecule has 7 aromatic carbocycles. The predicted molar refractivity (Wildman–Crippen MR) is 282 cm³/mol. The van der Waals surface area contributed by atoms with Gasteiger partial charge < -0.3 is 4.90 Å². The van der Waals surface area contributed by atoms with Gasteiger partial charge >= 0.3 is 0 Å². The summed E-state index contributed by atoms with van der Waals surface area (Å²) in [6.07, 6.45) is 0. The maximum atomic E-state index is 2.60. The topological polar surface area (TPSA) is 3.24 Å². The summed E-state index contributed by atoms with van der Waals surface area (Å²) in [7, 11) is 0. The van der Waals surface area contributed by atoms with Gasteiger partial charge in [-0.05, 0) is 142 Å². The van der Waals surface area contributed by atoms with Gasteiger partial charge in [0, 0.05) is 27.8 Å². The maximum absolute atomic E-state index is 2.60. The fourth-order valence-electron chi connectivity index (χ4n) is 10.6. The van der Waals surface area contributed by atoms with Crippen molar-refractivity contribution in [2.75, 3.05) is 4.90 Å². The quantitative estimate of drug-likeness (QED) is 0.167. The molecule has 0 N–H and O–H groups in total. The highest BCUT2D eigenvalue weighted by Crippen LogP contribution is 2.55. The molecule has 1 heteroatoms. The van der Waals surface area contributed by atoms with E-state index in [9.17, 15) is 0 Å². The third kappa shape index (κ3) is 7.58. The van der Waals surface area contributed by atoms with Crippen LogP contribution in [0.15, 0.2) is 140 Å². The van der Waals surface area contributed by atoms with Crippen molar-refractivity contribution in [1.82, 2.24) is 0 Å². The fraction of sp³-hybridized carbons (Fsp3) is 0.344. The van der Waals surface area contributed by atoms with E-state index in [-0.39, 0.29) is 32.5 Å². The summed E-state index contributed by atoms with van der Waals surface area (Å²) in [4.78, 5) is 2.60. The zero-order valence-corrected chi connectivity index (χ0v) is 42.2. The lowest BCUT2D eigenvalue weighted by molar-refractivity contribution is 0.584. The van der Waals surface area contributed by atoms with E-state index in [0.717, 1.165) is 0 Å². The Labute approximate surface area is 392 Å². The Morgan fingerprint density at radius 3 is 1.22 bits per heavy atom. The Bertz CT molecular complexity index is 2990. The van der Waals surface area contributed by atoms with Gasteiger partial charge in [0.1, 0.15) is 0 Å². The van der Waals surface area contributed by atoms with Crippen molar-refractivity contribution in [2.24, 2.45) is 0 Å². The predicted octanol–water partition coefficient (Wildman–Crippen LogP) is 18.3. The minimum absolute atomic E-state index is 0.0391. The molecule has 0 saturated heterocycles. The van der Waals surface area contributed by atoms with Crippen LogP contribution in [-0.4, -0.2) is 0 Å². The van der Waals surface area contributed by atoms with Gasteiger partial charge in [0.15, 0.2) is 0 Å². The van der Waals surface area contributed by atoms with Gasteiger partial charge in [0.05, 0.1) is 5.69 Å². The van der Waals surface area contributed by atoms with Crippen LogP contribution >= 0.6 is 0 Å². The number of hydrogen-bond acceptors (Lipinski definition) is 1. The maximum Gasteiger partial charge on any atom is 0.0543 e. The summed E-state index contributed by atoms with van der Waals surface area (Å²) >= 11 is 0. The van der Waals surface area contributed by atoms with Gasteiger partial charge in [-0.2, -0.15) is 0 Å². The van der Waals surface area contributed by atoms with E-state index >= 15 is 0 Å². The SMILES string of the molecule is CC(C)(C)c1ccc(-c2ccc(C(C)(C)C)cc2-c2ccc(C(C)(C)C)cc2N(c2ccc3c(c2)C(C)(C)c2ccccc2-3)c2ccc3c(c2)C(C)(C)c2cc(C(C)(C)C)ccc2-3)cc1. The van der Waals surface area contributed by atoms with E-state index < -0.39 is 0 Å². The molecule has 0 fully saturated rings. The molecule has 0 aromatic heterocycles. The first-order chi connectivity index (χ1) is 30.3. The number of benzene rings is 7. The molecular weight excluding hydrogens is 783 g/mol. The lowest BCUT2D eigenvalue weighted by Crippen LogP contribution is -2.19. The molecule has 9 rings (SSSR count). The minimum atomic E-state index is -0.182. The lowest BCUT2D eigenvalue weighted by Gasteiger charge is -2.33. The first-order valence-electron chi connectivity index (χ1n) is 24.0. The van der Waals surface area contributed by atoms with E-state index in [1.54, 1.807) is 0 Å². The highest BCUT2D eigenvalue weighted by Gasteiger charge is 2.39.